The zero-order valence-electron chi connectivity index (χ0n) is 10.3. The number of benzene rings is 1. The highest BCUT2D eigenvalue weighted by atomic mass is 19.1. The molecule has 0 aromatic heterocycles. The van der Waals surface area contributed by atoms with Crippen LogP contribution in [0.15, 0.2) is 30.0 Å². The fourth-order valence-corrected chi connectivity index (χ4v) is 2.23. The van der Waals surface area contributed by atoms with E-state index in [1.54, 1.807) is 19.3 Å². The minimum atomic E-state index is -0.127. The zero-order chi connectivity index (χ0) is 12.3. The molecular weight excluding hydrogens is 217 g/mol. The first-order valence-electron chi connectivity index (χ1n) is 5.97. The SMILES string of the molecule is CNC(C1=COCCC1)c1cccc(C)c1F. The number of aryl methyl sites for hydroxylation is 1. The fourth-order valence-electron chi connectivity index (χ4n) is 2.23. The van der Waals surface area contributed by atoms with Gasteiger partial charge in [0.05, 0.1) is 18.9 Å². The van der Waals surface area contributed by atoms with Gasteiger partial charge >= 0.3 is 0 Å². The molecule has 0 fully saturated rings. The third-order valence-corrected chi connectivity index (χ3v) is 3.15. The van der Waals surface area contributed by atoms with E-state index in [1.807, 2.05) is 19.2 Å². The van der Waals surface area contributed by atoms with Crippen molar-refractivity contribution < 1.29 is 9.13 Å². The number of hydrogen-bond donors (Lipinski definition) is 1. The normalized spacial score (nSPS) is 17.2. The van der Waals surface area contributed by atoms with Crippen LogP contribution in [-0.2, 0) is 4.74 Å². The smallest absolute Gasteiger partial charge is 0.131 e. The summed E-state index contributed by atoms with van der Waals surface area (Å²) < 4.78 is 19.4. The summed E-state index contributed by atoms with van der Waals surface area (Å²) in [4.78, 5) is 0. The Kier molecular flexibility index (Phi) is 3.79. The van der Waals surface area contributed by atoms with E-state index in [0.29, 0.717) is 11.1 Å². The molecule has 17 heavy (non-hydrogen) atoms. The molecule has 1 aromatic rings. The lowest BCUT2D eigenvalue weighted by molar-refractivity contribution is 0.219. The van der Waals surface area contributed by atoms with Crippen LogP contribution in [0.3, 0.4) is 0 Å². The van der Waals surface area contributed by atoms with Crippen molar-refractivity contribution in [3.05, 3.63) is 47.0 Å². The van der Waals surface area contributed by atoms with Crippen molar-refractivity contribution in [2.75, 3.05) is 13.7 Å². The Bertz CT molecular complexity index is 428. The monoisotopic (exact) mass is 235 g/mol. The Hall–Kier alpha value is -1.35. The largest absolute Gasteiger partial charge is 0.501 e. The molecule has 0 saturated carbocycles. The molecule has 0 amide bonds. The topological polar surface area (TPSA) is 21.3 Å². The van der Waals surface area contributed by atoms with Crippen molar-refractivity contribution in [3.8, 4) is 0 Å². The van der Waals surface area contributed by atoms with Crippen LogP contribution in [-0.4, -0.2) is 13.7 Å². The summed E-state index contributed by atoms with van der Waals surface area (Å²) in [5.74, 6) is -0.127. The third kappa shape index (κ3) is 2.50. The number of hydrogen-bond acceptors (Lipinski definition) is 2. The van der Waals surface area contributed by atoms with Gasteiger partial charge in [0.2, 0.25) is 0 Å². The van der Waals surface area contributed by atoms with Gasteiger partial charge in [-0.25, -0.2) is 4.39 Å². The van der Waals surface area contributed by atoms with Crippen LogP contribution in [0.1, 0.15) is 30.0 Å². The second-order valence-corrected chi connectivity index (χ2v) is 4.37. The highest BCUT2D eigenvalue weighted by Gasteiger charge is 2.20. The summed E-state index contributed by atoms with van der Waals surface area (Å²) in [6.45, 7) is 2.55. The minimum absolute atomic E-state index is 0.0878. The molecule has 0 saturated heterocycles. The first-order chi connectivity index (χ1) is 8.24. The Morgan fingerprint density at radius 1 is 1.41 bits per heavy atom. The van der Waals surface area contributed by atoms with Crippen LogP contribution in [0, 0.1) is 12.7 Å². The van der Waals surface area contributed by atoms with E-state index >= 15 is 0 Å². The molecule has 0 spiro atoms. The predicted octanol–water partition coefficient (Wildman–Crippen LogP) is 3.09. The second kappa shape index (κ2) is 5.32. The van der Waals surface area contributed by atoms with Gasteiger partial charge < -0.3 is 10.1 Å². The first-order valence-corrected chi connectivity index (χ1v) is 5.97. The van der Waals surface area contributed by atoms with Crippen LogP contribution < -0.4 is 5.32 Å². The van der Waals surface area contributed by atoms with E-state index in [2.05, 4.69) is 5.32 Å². The van der Waals surface area contributed by atoms with E-state index in [0.717, 1.165) is 25.0 Å². The molecule has 92 valence electrons. The molecule has 1 aliphatic rings. The lowest BCUT2D eigenvalue weighted by Crippen LogP contribution is -2.22. The van der Waals surface area contributed by atoms with Gasteiger partial charge in [0.25, 0.3) is 0 Å². The van der Waals surface area contributed by atoms with Gasteiger partial charge in [-0.1, -0.05) is 18.2 Å². The van der Waals surface area contributed by atoms with Gasteiger partial charge in [0, 0.05) is 5.56 Å². The summed E-state index contributed by atoms with van der Waals surface area (Å²) in [5, 5.41) is 3.17. The molecule has 1 N–H and O–H groups in total. The number of nitrogens with one attached hydrogen (secondary N) is 1. The molecule has 3 heteroatoms. The molecule has 0 radical (unpaired) electrons. The van der Waals surface area contributed by atoms with Crippen LogP contribution in [0.5, 0.6) is 0 Å². The van der Waals surface area contributed by atoms with Gasteiger partial charge in [-0.05, 0) is 37.9 Å². The molecule has 1 atom stereocenters. The number of ether oxygens (including phenoxy) is 1. The standard InChI is InChI=1S/C14H18FNO/c1-10-5-3-7-12(13(10)15)14(16-2)11-6-4-8-17-9-11/h3,5,7,9,14,16H,4,6,8H2,1-2H3. The van der Waals surface area contributed by atoms with E-state index in [1.165, 1.54) is 0 Å². The van der Waals surface area contributed by atoms with Crippen molar-refractivity contribution >= 4 is 0 Å². The van der Waals surface area contributed by atoms with Crippen molar-refractivity contribution in [1.29, 1.82) is 0 Å². The second-order valence-electron chi connectivity index (χ2n) is 4.37. The lowest BCUT2D eigenvalue weighted by Gasteiger charge is -2.24. The molecule has 0 bridgehead atoms. The van der Waals surface area contributed by atoms with Crippen LogP contribution in [0.2, 0.25) is 0 Å². The number of halogens is 1. The van der Waals surface area contributed by atoms with Crippen molar-refractivity contribution in [1.82, 2.24) is 5.32 Å². The molecular formula is C14H18FNO. The Labute approximate surface area is 101 Å². The molecule has 1 aromatic carbocycles. The van der Waals surface area contributed by atoms with Crippen LogP contribution in [0.25, 0.3) is 0 Å². The van der Waals surface area contributed by atoms with Gasteiger partial charge in [0.15, 0.2) is 0 Å². The van der Waals surface area contributed by atoms with Crippen molar-refractivity contribution in [2.45, 2.75) is 25.8 Å². The first kappa shape index (κ1) is 12.1. The number of likely N-dealkylation sites (N-methyl/N-ethyl adjacent to an activating group) is 1. The third-order valence-electron chi connectivity index (χ3n) is 3.15. The van der Waals surface area contributed by atoms with Crippen molar-refractivity contribution in [2.24, 2.45) is 0 Å². The summed E-state index contributed by atoms with van der Waals surface area (Å²) in [7, 11) is 1.85. The maximum absolute atomic E-state index is 14.1. The minimum Gasteiger partial charge on any atom is -0.501 e. The molecule has 2 rings (SSSR count). The average Bonchev–Trinajstić information content (AvgIpc) is 2.37. The van der Waals surface area contributed by atoms with E-state index in [-0.39, 0.29) is 11.9 Å². The van der Waals surface area contributed by atoms with Crippen molar-refractivity contribution in [3.63, 3.8) is 0 Å². The predicted molar refractivity (Wildman–Crippen MR) is 66.2 cm³/mol. The Morgan fingerprint density at radius 2 is 2.24 bits per heavy atom. The average molecular weight is 235 g/mol. The van der Waals surface area contributed by atoms with Gasteiger partial charge in [-0.2, -0.15) is 0 Å². The summed E-state index contributed by atoms with van der Waals surface area (Å²) in [6, 6.07) is 5.42. The summed E-state index contributed by atoms with van der Waals surface area (Å²) in [6.07, 6.45) is 3.72. The van der Waals surface area contributed by atoms with Gasteiger partial charge in [0.1, 0.15) is 5.82 Å². The fraction of sp³-hybridized carbons (Fsp3) is 0.429. The maximum Gasteiger partial charge on any atom is 0.131 e. The van der Waals surface area contributed by atoms with E-state index in [9.17, 15) is 4.39 Å². The highest BCUT2D eigenvalue weighted by Crippen LogP contribution is 2.29. The molecule has 2 nitrogen and oxygen atoms in total. The summed E-state index contributed by atoms with van der Waals surface area (Å²) in [5.41, 5.74) is 2.49. The molecule has 0 aliphatic carbocycles. The molecule has 1 heterocycles. The van der Waals surface area contributed by atoms with Crippen LogP contribution >= 0.6 is 0 Å². The maximum atomic E-state index is 14.1. The Morgan fingerprint density at radius 3 is 2.88 bits per heavy atom. The number of rotatable bonds is 3. The van der Waals surface area contributed by atoms with Gasteiger partial charge in [-0.15, -0.1) is 0 Å². The zero-order valence-corrected chi connectivity index (χ0v) is 10.3. The lowest BCUT2D eigenvalue weighted by atomic mass is 9.94. The van der Waals surface area contributed by atoms with Crippen LogP contribution in [0.4, 0.5) is 4.39 Å². The van der Waals surface area contributed by atoms with Gasteiger partial charge in [-0.3, -0.25) is 0 Å². The van der Waals surface area contributed by atoms with E-state index < -0.39 is 0 Å². The highest BCUT2D eigenvalue weighted by molar-refractivity contribution is 5.33. The molecule has 1 unspecified atom stereocenters. The van der Waals surface area contributed by atoms with E-state index in [4.69, 9.17) is 4.74 Å². The summed E-state index contributed by atoms with van der Waals surface area (Å²) >= 11 is 0. The Balaban J connectivity index is 2.34. The molecule has 1 aliphatic heterocycles. The quantitative estimate of drug-likeness (QED) is 0.869.